The summed E-state index contributed by atoms with van der Waals surface area (Å²) in [6, 6.07) is 0. The molecule has 0 aromatic carbocycles. The molecular formula is C9H21NO3. The molecule has 4 heteroatoms. The van der Waals surface area contributed by atoms with Gasteiger partial charge in [-0.15, -0.1) is 0 Å². The fourth-order valence-electron chi connectivity index (χ4n) is 0.245. The fourth-order valence-corrected chi connectivity index (χ4v) is 0.245. The van der Waals surface area contributed by atoms with E-state index in [2.05, 4.69) is 5.32 Å². The number of rotatable bonds is 3. The van der Waals surface area contributed by atoms with Crippen molar-refractivity contribution >= 4 is 12.3 Å². The average molecular weight is 191 g/mol. The molecule has 0 spiro atoms. The zero-order chi connectivity index (χ0) is 11.3. The highest BCUT2D eigenvalue weighted by molar-refractivity contribution is 5.72. The van der Waals surface area contributed by atoms with Crippen molar-refractivity contribution in [3.63, 3.8) is 0 Å². The lowest BCUT2D eigenvalue weighted by atomic mass is 10.1. The highest BCUT2D eigenvalue weighted by atomic mass is 16.4. The van der Waals surface area contributed by atoms with Crippen molar-refractivity contribution in [1.29, 1.82) is 0 Å². The van der Waals surface area contributed by atoms with Gasteiger partial charge in [0, 0.05) is 6.42 Å². The van der Waals surface area contributed by atoms with E-state index in [9.17, 15) is 9.59 Å². The molecule has 2 N–H and O–H groups in total. The van der Waals surface area contributed by atoms with Gasteiger partial charge in [-0.1, -0.05) is 20.8 Å². The van der Waals surface area contributed by atoms with E-state index in [1.807, 2.05) is 27.9 Å². The molecule has 1 atom stereocenters. The molecule has 0 saturated heterocycles. The van der Waals surface area contributed by atoms with E-state index in [0.29, 0.717) is 6.29 Å². The summed E-state index contributed by atoms with van der Waals surface area (Å²) < 4.78 is 0. The van der Waals surface area contributed by atoms with E-state index in [0.717, 1.165) is 0 Å². The molecule has 0 aromatic heterocycles. The summed E-state index contributed by atoms with van der Waals surface area (Å²) in [5, 5.41) is 10.9. The van der Waals surface area contributed by atoms with Crippen LogP contribution in [0, 0.1) is 5.92 Å². The minimum absolute atomic E-state index is 0.106. The Bertz CT molecular complexity index is 115. The third-order valence-corrected chi connectivity index (χ3v) is 0.871. The maximum Gasteiger partial charge on any atom is 0.306 e. The predicted molar refractivity (Wildman–Crippen MR) is 53.8 cm³/mol. The average Bonchev–Trinajstić information content (AvgIpc) is 2.10. The number of carboxylic acids is 1. The SMILES string of the molecule is CC.CC(CC=O)C(=O)O.CNC. The zero-order valence-corrected chi connectivity index (χ0v) is 9.13. The lowest BCUT2D eigenvalue weighted by molar-refractivity contribution is -0.142. The summed E-state index contributed by atoms with van der Waals surface area (Å²) in [6.07, 6.45) is 0.716. The van der Waals surface area contributed by atoms with E-state index in [1.165, 1.54) is 6.92 Å². The number of aldehydes is 1. The zero-order valence-electron chi connectivity index (χ0n) is 9.13. The van der Waals surface area contributed by atoms with Crippen molar-refractivity contribution in [2.45, 2.75) is 27.2 Å². The fraction of sp³-hybridized carbons (Fsp3) is 0.778. The van der Waals surface area contributed by atoms with Crippen molar-refractivity contribution in [2.24, 2.45) is 5.92 Å². The summed E-state index contributed by atoms with van der Waals surface area (Å²) >= 11 is 0. The largest absolute Gasteiger partial charge is 0.481 e. The lowest BCUT2D eigenvalue weighted by Gasteiger charge is -1.95. The molecule has 0 aliphatic heterocycles. The van der Waals surface area contributed by atoms with Crippen LogP contribution in [0.25, 0.3) is 0 Å². The Hall–Kier alpha value is -0.900. The monoisotopic (exact) mass is 191 g/mol. The number of nitrogens with one attached hydrogen (secondary N) is 1. The maximum absolute atomic E-state index is 9.93. The van der Waals surface area contributed by atoms with Crippen LogP contribution in [0.1, 0.15) is 27.2 Å². The van der Waals surface area contributed by atoms with Gasteiger partial charge in [-0.3, -0.25) is 4.79 Å². The first-order valence-corrected chi connectivity index (χ1v) is 4.35. The van der Waals surface area contributed by atoms with Crippen LogP contribution in [0.15, 0.2) is 0 Å². The number of hydrogen-bond donors (Lipinski definition) is 2. The summed E-state index contributed by atoms with van der Waals surface area (Å²) in [6.45, 7) is 5.50. The van der Waals surface area contributed by atoms with E-state index in [-0.39, 0.29) is 6.42 Å². The Labute approximate surface area is 80.3 Å². The van der Waals surface area contributed by atoms with Crippen LogP contribution in [-0.4, -0.2) is 31.5 Å². The van der Waals surface area contributed by atoms with Crippen LogP contribution < -0.4 is 5.32 Å². The molecule has 0 amide bonds. The molecule has 0 saturated carbocycles. The molecule has 0 fully saturated rings. The van der Waals surface area contributed by atoms with Crippen LogP contribution >= 0.6 is 0 Å². The molecule has 13 heavy (non-hydrogen) atoms. The second kappa shape index (κ2) is 17.3. The summed E-state index contributed by atoms with van der Waals surface area (Å²) in [5.74, 6) is -1.45. The van der Waals surface area contributed by atoms with E-state index < -0.39 is 11.9 Å². The van der Waals surface area contributed by atoms with Crippen LogP contribution in [0.5, 0.6) is 0 Å². The summed E-state index contributed by atoms with van der Waals surface area (Å²) in [4.78, 5) is 19.6. The number of aliphatic carboxylic acids is 1. The second-order valence-corrected chi connectivity index (χ2v) is 2.14. The Morgan fingerprint density at radius 3 is 1.85 bits per heavy atom. The maximum atomic E-state index is 9.93. The van der Waals surface area contributed by atoms with Crippen LogP contribution in [0.3, 0.4) is 0 Å². The van der Waals surface area contributed by atoms with Crippen molar-refractivity contribution in [2.75, 3.05) is 14.1 Å². The molecule has 0 aromatic rings. The quantitative estimate of drug-likeness (QED) is 0.657. The van der Waals surface area contributed by atoms with Gasteiger partial charge < -0.3 is 15.2 Å². The number of hydrogen-bond acceptors (Lipinski definition) is 3. The summed E-state index contributed by atoms with van der Waals surface area (Å²) in [7, 11) is 3.75. The Balaban J connectivity index is -0.000000169. The second-order valence-electron chi connectivity index (χ2n) is 2.14. The molecular weight excluding hydrogens is 170 g/mol. The first-order chi connectivity index (χ1) is 6.09. The van der Waals surface area contributed by atoms with E-state index in [4.69, 9.17) is 5.11 Å². The summed E-state index contributed by atoms with van der Waals surface area (Å²) in [5.41, 5.74) is 0. The van der Waals surface area contributed by atoms with Crippen LogP contribution in [0.4, 0.5) is 0 Å². The molecule has 0 bridgehead atoms. The van der Waals surface area contributed by atoms with Crippen molar-refractivity contribution in [3.8, 4) is 0 Å². The highest BCUT2D eigenvalue weighted by Crippen LogP contribution is 1.96. The molecule has 0 aliphatic rings. The van der Waals surface area contributed by atoms with E-state index >= 15 is 0 Å². The topological polar surface area (TPSA) is 66.4 Å². The van der Waals surface area contributed by atoms with Crippen molar-refractivity contribution in [1.82, 2.24) is 5.32 Å². The molecule has 4 nitrogen and oxygen atoms in total. The van der Waals surface area contributed by atoms with Gasteiger partial charge in [0.1, 0.15) is 6.29 Å². The molecule has 1 unspecified atom stereocenters. The first-order valence-electron chi connectivity index (χ1n) is 4.35. The van der Waals surface area contributed by atoms with Crippen LogP contribution in [-0.2, 0) is 9.59 Å². The minimum Gasteiger partial charge on any atom is -0.481 e. The predicted octanol–water partition coefficient (Wildman–Crippen LogP) is 1.16. The van der Waals surface area contributed by atoms with Gasteiger partial charge in [-0.05, 0) is 14.1 Å². The molecule has 0 aliphatic carbocycles. The van der Waals surface area contributed by atoms with Crippen molar-refractivity contribution in [3.05, 3.63) is 0 Å². The van der Waals surface area contributed by atoms with Gasteiger partial charge in [-0.25, -0.2) is 0 Å². The Morgan fingerprint density at radius 2 is 1.77 bits per heavy atom. The van der Waals surface area contributed by atoms with Gasteiger partial charge in [0.15, 0.2) is 0 Å². The third-order valence-electron chi connectivity index (χ3n) is 0.871. The third kappa shape index (κ3) is 24.7. The van der Waals surface area contributed by atoms with Gasteiger partial charge in [0.05, 0.1) is 5.92 Å². The number of carbonyl (C=O) groups is 2. The molecule has 80 valence electrons. The van der Waals surface area contributed by atoms with E-state index in [1.54, 1.807) is 0 Å². The van der Waals surface area contributed by atoms with Gasteiger partial charge >= 0.3 is 5.97 Å². The standard InChI is InChI=1S/C5H8O3.C2H7N.C2H6/c1-4(2-3-6)5(7)8;1-3-2;1-2/h3-4H,2H2,1H3,(H,7,8);3H,1-2H3;1-2H3. The van der Waals surface area contributed by atoms with Gasteiger partial charge in [0.25, 0.3) is 0 Å². The first kappa shape index (κ1) is 18.0. The minimum atomic E-state index is -0.919. The van der Waals surface area contributed by atoms with Gasteiger partial charge in [-0.2, -0.15) is 0 Å². The highest BCUT2D eigenvalue weighted by Gasteiger charge is 2.07. The van der Waals surface area contributed by atoms with Crippen LogP contribution in [0.2, 0.25) is 0 Å². The Kier molecular flexibility index (Phi) is 23.9. The smallest absolute Gasteiger partial charge is 0.306 e. The van der Waals surface area contributed by atoms with Gasteiger partial charge in [0.2, 0.25) is 0 Å². The Morgan fingerprint density at radius 1 is 1.46 bits per heavy atom. The number of carbonyl (C=O) groups excluding carboxylic acids is 1. The molecule has 0 rings (SSSR count). The normalized spacial score (nSPS) is 9.62. The number of carboxylic acid groups (broad SMARTS) is 1. The molecule has 0 heterocycles. The molecule has 0 radical (unpaired) electrons. The lowest BCUT2D eigenvalue weighted by Crippen LogP contribution is -2.09. The van der Waals surface area contributed by atoms with Crippen molar-refractivity contribution < 1.29 is 14.7 Å².